The van der Waals surface area contributed by atoms with Crippen LogP contribution in [0.2, 0.25) is 10.0 Å². The van der Waals surface area contributed by atoms with Gasteiger partial charge in [0.25, 0.3) is 0 Å². The highest BCUT2D eigenvalue weighted by Gasteiger charge is 2.14. The molecule has 25 heavy (non-hydrogen) atoms. The number of benzene rings is 1. The van der Waals surface area contributed by atoms with Gasteiger partial charge in [0.05, 0.1) is 17.9 Å². The first-order valence-corrected chi connectivity index (χ1v) is 8.95. The first kappa shape index (κ1) is 19.5. The van der Waals surface area contributed by atoms with E-state index >= 15 is 0 Å². The molecule has 0 unspecified atom stereocenters. The van der Waals surface area contributed by atoms with Crippen LogP contribution in [0.3, 0.4) is 0 Å². The second-order valence-corrected chi connectivity index (χ2v) is 6.98. The summed E-state index contributed by atoms with van der Waals surface area (Å²) in [5, 5.41) is 13.5. The number of nitrogens with one attached hydrogen (secondary N) is 1. The lowest BCUT2D eigenvalue weighted by Crippen LogP contribution is -2.14. The van der Waals surface area contributed by atoms with Crippen molar-refractivity contribution < 1.29 is 9.53 Å². The molecule has 8 heteroatoms. The summed E-state index contributed by atoms with van der Waals surface area (Å²) in [5.74, 6) is -0.148. The van der Waals surface area contributed by atoms with E-state index in [4.69, 9.17) is 27.9 Å². The second-order valence-electron chi connectivity index (χ2n) is 5.14. The quantitative estimate of drug-likeness (QED) is 0.731. The largest absolute Gasteiger partial charge is 0.380 e. The molecule has 1 amide bonds. The smallest absolute Gasteiger partial charge is 0.234 e. The van der Waals surface area contributed by atoms with Crippen LogP contribution in [0.4, 0.5) is 5.69 Å². The number of aromatic nitrogens is 1. The summed E-state index contributed by atoms with van der Waals surface area (Å²) in [6.45, 7) is 2.14. The second kappa shape index (κ2) is 9.07. The fraction of sp³-hybridized carbons (Fsp3) is 0.235. The maximum atomic E-state index is 12.2. The van der Waals surface area contributed by atoms with E-state index in [0.29, 0.717) is 32.9 Å². The Morgan fingerprint density at radius 3 is 2.60 bits per heavy atom. The molecule has 1 aromatic carbocycles. The molecule has 5 nitrogen and oxygen atoms in total. The predicted molar refractivity (Wildman–Crippen MR) is 100 cm³/mol. The van der Waals surface area contributed by atoms with Crippen molar-refractivity contribution in [2.24, 2.45) is 0 Å². The van der Waals surface area contributed by atoms with Crippen LogP contribution in [-0.4, -0.2) is 23.8 Å². The van der Waals surface area contributed by atoms with E-state index in [0.717, 1.165) is 11.3 Å². The van der Waals surface area contributed by atoms with Gasteiger partial charge in [-0.05, 0) is 36.8 Å². The number of aryl methyl sites for hydroxylation is 1. The van der Waals surface area contributed by atoms with E-state index in [1.165, 1.54) is 11.8 Å². The summed E-state index contributed by atoms with van der Waals surface area (Å²) >= 11 is 13.0. The molecule has 0 radical (unpaired) electrons. The van der Waals surface area contributed by atoms with Crippen LogP contribution in [0.1, 0.15) is 16.8 Å². The van der Waals surface area contributed by atoms with E-state index in [-0.39, 0.29) is 11.7 Å². The van der Waals surface area contributed by atoms with Crippen LogP contribution in [0.25, 0.3) is 0 Å². The number of ether oxygens (including phenoxy) is 1. The van der Waals surface area contributed by atoms with E-state index in [1.807, 2.05) is 6.92 Å². The van der Waals surface area contributed by atoms with Crippen LogP contribution in [0.5, 0.6) is 0 Å². The number of pyridine rings is 1. The van der Waals surface area contributed by atoms with Crippen molar-refractivity contribution in [2.75, 3.05) is 18.2 Å². The molecule has 1 N–H and O–H groups in total. The predicted octanol–water partition coefficient (Wildman–Crippen LogP) is 4.45. The molecule has 130 valence electrons. The van der Waals surface area contributed by atoms with E-state index < -0.39 is 0 Å². The lowest BCUT2D eigenvalue weighted by Gasteiger charge is -2.10. The number of carbonyl (C=O) groups excluding carboxylic acids is 1. The molecule has 0 saturated heterocycles. The van der Waals surface area contributed by atoms with Crippen molar-refractivity contribution in [3.8, 4) is 6.07 Å². The molecule has 0 bridgehead atoms. The number of amides is 1. The number of methoxy groups -OCH3 is 1. The summed E-state index contributed by atoms with van der Waals surface area (Å²) in [6.07, 6.45) is 0. The fourth-order valence-electron chi connectivity index (χ4n) is 2.16. The van der Waals surface area contributed by atoms with Gasteiger partial charge in [0.1, 0.15) is 11.1 Å². The monoisotopic (exact) mass is 395 g/mol. The van der Waals surface area contributed by atoms with Gasteiger partial charge in [0.15, 0.2) is 0 Å². The van der Waals surface area contributed by atoms with Gasteiger partial charge in [-0.3, -0.25) is 4.79 Å². The van der Waals surface area contributed by atoms with Gasteiger partial charge in [0, 0.05) is 28.5 Å². The summed E-state index contributed by atoms with van der Waals surface area (Å²) in [4.78, 5) is 16.5. The van der Waals surface area contributed by atoms with Crippen molar-refractivity contribution in [1.82, 2.24) is 4.98 Å². The molecule has 2 aromatic rings. The molecule has 1 aromatic heterocycles. The lowest BCUT2D eigenvalue weighted by atomic mass is 10.1. The summed E-state index contributed by atoms with van der Waals surface area (Å²) < 4.78 is 5.11. The Morgan fingerprint density at radius 2 is 2.00 bits per heavy atom. The van der Waals surface area contributed by atoms with Crippen LogP contribution in [-0.2, 0) is 16.1 Å². The minimum Gasteiger partial charge on any atom is -0.380 e. The van der Waals surface area contributed by atoms with E-state index in [2.05, 4.69) is 16.4 Å². The Bertz CT molecular complexity index is 817. The number of nitrogens with zero attached hydrogens (tertiary/aromatic N) is 2. The number of halogens is 2. The highest BCUT2D eigenvalue weighted by molar-refractivity contribution is 8.00. The van der Waals surface area contributed by atoms with Gasteiger partial charge in [-0.25, -0.2) is 4.98 Å². The zero-order valence-electron chi connectivity index (χ0n) is 13.6. The number of hydrogen-bond acceptors (Lipinski definition) is 5. The summed E-state index contributed by atoms with van der Waals surface area (Å²) in [5.41, 5.74) is 2.45. The van der Waals surface area contributed by atoms with Gasteiger partial charge >= 0.3 is 0 Å². The van der Waals surface area contributed by atoms with E-state index in [1.54, 1.807) is 31.4 Å². The normalized spacial score (nSPS) is 10.4. The molecule has 0 aliphatic carbocycles. The average Bonchev–Trinajstić information content (AvgIpc) is 2.52. The van der Waals surface area contributed by atoms with Crippen molar-refractivity contribution in [3.63, 3.8) is 0 Å². The summed E-state index contributed by atoms with van der Waals surface area (Å²) in [6, 6.07) is 8.74. The number of hydrogen-bond donors (Lipinski definition) is 1. The third kappa shape index (κ3) is 5.62. The SMILES string of the molecule is COCc1cc(C)nc(SCC(=O)Nc2cc(Cl)cc(Cl)c2)c1C#N. The van der Waals surface area contributed by atoms with Crippen LogP contribution in [0, 0.1) is 18.3 Å². The molecule has 1 heterocycles. The molecule has 0 atom stereocenters. The molecule has 0 fully saturated rings. The molecular weight excluding hydrogens is 381 g/mol. The topological polar surface area (TPSA) is 75.0 Å². The fourth-order valence-corrected chi connectivity index (χ4v) is 3.56. The minimum absolute atomic E-state index is 0.0989. The molecular formula is C17H15Cl2N3O2S. The number of nitriles is 1. The molecule has 0 aliphatic rings. The van der Waals surface area contributed by atoms with Crippen molar-refractivity contribution >= 4 is 46.6 Å². The summed E-state index contributed by atoms with van der Waals surface area (Å²) in [7, 11) is 1.56. The first-order valence-electron chi connectivity index (χ1n) is 7.21. The van der Waals surface area contributed by atoms with Crippen molar-refractivity contribution in [1.29, 1.82) is 5.26 Å². The molecule has 0 spiro atoms. The van der Waals surface area contributed by atoms with Crippen LogP contribution in [0.15, 0.2) is 29.3 Å². The number of anilines is 1. The van der Waals surface area contributed by atoms with E-state index in [9.17, 15) is 10.1 Å². The van der Waals surface area contributed by atoms with Gasteiger partial charge in [0.2, 0.25) is 5.91 Å². The highest BCUT2D eigenvalue weighted by atomic mass is 35.5. The average molecular weight is 396 g/mol. The third-order valence-electron chi connectivity index (χ3n) is 3.09. The Morgan fingerprint density at radius 1 is 1.32 bits per heavy atom. The third-order valence-corrected chi connectivity index (χ3v) is 4.51. The number of thioether (sulfide) groups is 1. The Labute approximate surface area is 160 Å². The van der Waals surface area contributed by atoms with Crippen molar-refractivity contribution in [3.05, 3.63) is 51.1 Å². The van der Waals surface area contributed by atoms with Gasteiger partial charge in [-0.2, -0.15) is 5.26 Å². The number of carbonyl (C=O) groups is 1. The van der Waals surface area contributed by atoms with Crippen molar-refractivity contribution in [2.45, 2.75) is 18.6 Å². The maximum Gasteiger partial charge on any atom is 0.234 e. The maximum absolute atomic E-state index is 12.2. The van der Waals surface area contributed by atoms with Gasteiger partial charge < -0.3 is 10.1 Å². The Balaban J connectivity index is 2.10. The Kier molecular flexibility index (Phi) is 7.09. The minimum atomic E-state index is -0.246. The van der Waals surface area contributed by atoms with Crippen LogP contribution < -0.4 is 5.32 Å². The lowest BCUT2D eigenvalue weighted by molar-refractivity contribution is -0.113. The molecule has 0 saturated carbocycles. The van der Waals surface area contributed by atoms with Gasteiger partial charge in [-0.1, -0.05) is 35.0 Å². The van der Waals surface area contributed by atoms with Gasteiger partial charge in [-0.15, -0.1) is 0 Å². The highest BCUT2D eigenvalue weighted by Crippen LogP contribution is 2.26. The zero-order chi connectivity index (χ0) is 18.4. The standard InChI is InChI=1S/C17H15Cl2N3O2S/c1-10-3-11(8-24-2)15(7-20)17(21-10)25-9-16(23)22-14-5-12(18)4-13(19)6-14/h3-6H,8-9H2,1-2H3,(H,22,23). The zero-order valence-corrected chi connectivity index (χ0v) is 15.9. The Hall–Kier alpha value is -1.78. The molecule has 0 aliphatic heterocycles. The number of rotatable bonds is 6. The first-order chi connectivity index (χ1) is 11.9. The molecule has 2 rings (SSSR count). The van der Waals surface area contributed by atoms with Crippen LogP contribution >= 0.6 is 35.0 Å².